The number of rotatable bonds is 9. The van der Waals surface area contributed by atoms with Crippen molar-refractivity contribution in [2.75, 3.05) is 20.1 Å². The smallest absolute Gasteiger partial charge is 0.387 e. The molecule has 0 aliphatic heterocycles. The molecule has 130 valence electrons. The number of alkyl halides is 2. The molecule has 0 atom stereocenters. The molecule has 0 bridgehead atoms. The number of hydrogen-bond acceptors (Lipinski definition) is 4. The van der Waals surface area contributed by atoms with E-state index in [1.165, 1.54) is 12.1 Å². The van der Waals surface area contributed by atoms with Crippen LogP contribution in [0.25, 0.3) is 0 Å². The Balaban J connectivity index is 0.00000484. The number of benzene rings is 1. The van der Waals surface area contributed by atoms with E-state index in [-0.39, 0.29) is 50.1 Å². The lowest BCUT2D eigenvalue weighted by atomic mass is 10.2. The predicted molar refractivity (Wildman–Crippen MR) is 81.9 cm³/mol. The fraction of sp³-hybridized carbons (Fsp3) is 0.429. The van der Waals surface area contributed by atoms with Crippen LogP contribution in [-0.2, 0) is 16.1 Å². The highest BCUT2D eigenvalue weighted by molar-refractivity contribution is 5.85. The van der Waals surface area contributed by atoms with Gasteiger partial charge in [0.25, 0.3) is 0 Å². The van der Waals surface area contributed by atoms with Gasteiger partial charge in [0, 0.05) is 13.1 Å². The van der Waals surface area contributed by atoms with Crippen LogP contribution < -0.4 is 10.1 Å². The minimum absolute atomic E-state index is 0. The van der Waals surface area contributed by atoms with Gasteiger partial charge in [-0.2, -0.15) is 8.78 Å². The standard InChI is InChI=1S/C14H18F2N2O4.ClH/c1-18(7-6-13(20)21)9-12(19)17-8-10-2-4-11(5-3-10)22-14(15)16;/h2-5,14H,6-9H2,1H3,(H,17,19)(H,20,21);1H. The van der Waals surface area contributed by atoms with Crippen LogP contribution in [0.3, 0.4) is 0 Å². The molecule has 0 aliphatic carbocycles. The maximum atomic E-state index is 12.0. The summed E-state index contributed by atoms with van der Waals surface area (Å²) < 4.78 is 28.2. The highest BCUT2D eigenvalue weighted by Crippen LogP contribution is 2.14. The molecule has 0 unspecified atom stereocenters. The van der Waals surface area contributed by atoms with Gasteiger partial charge in [-0.25, -0.2) is 0 Å². The highest BCUT2D eigenvalue weighted by atomic mass is 35.5. The molecule has 6 nitrogen and oxygen atoms in total. The third-order valence-electron chi connectivity index (χ3n) is 2.76. The van der Waals surface area contributed by atoms with Crippen molar-refractivity contribution < 1.29 is 28.2 Å². The van der Waals surface area contributed by atoms with Crippen molar-refractivity contribution >= 4 is 24.3 Å². The second-order valence-corrected chi connectivity index (χ2v) is 4.68. The van der Waals surface area contributed by atoms with Gasteiger partial charge in [0.2, 0.25) is 5.91 Å². The van der Waals surface area contributed by atoms with Crippen LogP contribution >= 0.6 is 12.4 Å². The first-order valence-corrected chi connectivity index (χ1v) is 6.57. The number of carboxylic acid groups (broad SMARTS) is 1. The number of aliphatic carboxylic acids is 1. The SMILES string of the molecule is CN(CCC(=O)O)CC(=O)NCc1ccc(OC(F)F)cc1.Cl. The molecule has 1 aromatic rings. The normalized spacial score (nSPS) is 10.3. The average molecular weight is 353 g/mol. The van der Waals surface area contributed by atoms with Crippen molar-refractivity contribution in [2.45, 2.75) is 19.6 Å². The summed E-state index contributed by atoms with van der Waals surface area (Å²) in [6, 6.07) is 5.94. The van der Waals surface area contributed by atoms with E-state index >= 15 is 0 Å². The largest absolute Gasteiger partial charge is 0.481 e. The first-order chi connectivity index (χ1) is 10.4. The molecule has 2 N–H and O–H groups in total. The molecular formula is C14H19ClF2N2O4. The van der Waals surface area contributed by atoms with Crippen molar-refractivity contribution in [3.8, 4) is 5.75 Å². The summed E-state index contributed by atoms with van der Waals surface area (Å²) in [7, 11) is 1.65. The molecule has 0 spiro atoms. The van der Waals surface area contributed by atoms with Gasteiger partial charge in [0.05, 0.1) is 13.0 Å². The van der Waals surface area contributed by atoms with Crippen LogP contribution in [-0.4, -0.2) is 48.6 Å². The molecule has 0 fully saturated rings. The second kappa shape index (κ2) is 10.7. The number of nitrogens with zero attached hydrogens (tertiary/aromatic N) is 1. The Bertz CT molecular complexity index is 500. The monoisotopic (exact) mass is 352 g/mol. The maximum Gasteiger partial charge on any atom is 0.387 e. The van der Waals surface area contributed by atoms with Crippen LogP contribution in [0.1, 0.15) is 12.0 Å². The van der Waals surface area contributed by atoms with Crippen LogP contribution in [0.2, 0.25) is 0 Å². The molecule has 1 amide bonds. The first-order valence-electron chi connectivity index (χ1n) is 6.57. The molecule has 0 radical (unpaired) electrons. The molecule has 9 heteroatoms. The zero-order valence-corrected chi connectivity index (χ0v) is 13.3. The van der Waals surface area contributed by atoms with Crippen molar-refractivity contribution in [3.63, 3.8) is 0 Å². The Kier molecular flexibility index (Phi) is 9.84. The Morgan fingerprint density at radius 3 is 2.43 bits per heavy atom. The Morgan fingerprint density at radius 2 is 1.91 bits per heavy atom. The van der Waals surface area contributed by atoms with Crippen LogP contribution in [0.15, 0.2) is 24.3 Å². The van der Waals surface area contributed by atoms with Gasteiger partial charge in [0.15, 0.2) is 0 Å². The minimum Gasteiger partial charge on any atom is -0.481 e. The fourth-order valence-electron chi connectivity index (χ4n) is 1.66. The average Bonchev–Trinajstić information content (AvgIpc) is 2.44. The Labute approximate surface area is 138 Å². The lowest BCUT2D eigenvalue weighted by molar-refractivity contribution is -0.137. The maximum absolute atomic E-state index is 12.0. The van der Waals surface area contributed by atoms with E-state index in [4.69, 9.17) is 5.11 Å². The number of nitrogens with one attached hydrogen (secondary N) is 1. The summed E-state index contributed by atoms with van der Waals surface area (Å²) in [5, 5.41) is 11.2. The number of likely N-dealkylation sites (N-methyl/N-ethyl adjacent to an activating group) is 1. The van der Waals surface area contributed by atoms with Gasteiger partial charge in [-0.1, -0.05) is 12.1 Å². The number of halogens is 3. The topological polar surface area (TPSA) is 78.9 Å². The Hall–Kier alpha value is -1.93. The van der Waals surface area contributed by atoms with Gasteiger partial charge in [0.1, 0.15) is 5.75 Å². The van der Waals surface area contributed by atoms with E-state index in [0.29, 0.717) is 0 Å². The Morgan fingerprint density at radius 1 is 1.30 bits per heavy atom. The van der Waals surface area contributed by atoms with Crippen molar-refractivity contribution in [2.24, 2.45) is 0 Å². The van der Waals surface area contributed by atoms with Gasteiger partial charge in [-0.05, 0) is 24.7 Å². The van der Waals surface area contributed by atoms with Gasteiger partial charge in [-0.3, -0.25) is 14.5 Å². The number of ether oxygens (including phenoxy) is 1. The van der Waals surface area contributed by atoms with Crippen LogP contribution in [0, 0.1) is 0 Å². The van der Waals surface area contributed by atoms with Crippen molar-refractivity contribution in [1.82, 2.24) is 10.2 Å². The number of amides is 1. The van der Waals surface area contributed by atoms with Crippen molar-refractivity contribution in [1.29, 1.82) is 0 Å². The zero-order chi connectivity index (χ0) is 16.5. The minimum atomic E-state index is -2.87. The van der Waals surface area contributed by atoms with E-state index < -0.39 is 12.6 Å². The zero-order valence-electron chi connectivity index (χ0n) is 12.5. The number of hydrogen-bond donors (Lipinski definition) is 2. The molecule has 0 saturated carbocycles. The van der Waals surface area contributed by atoms with E-state index in [9.17, 15) is 18.4 Å². The summed E-state index contributed by atoms with van der Waals surface area (Å²) in [4.78, 5) is 23.7. The van der Waals surface area contributed by atoms with Crippen LogP contribution in [0.4, 0.5) is 8.78 Å². The lowest BCUT2D eigenvalue weighted by Gasteiger charge is -2.15. The highest BCUT2D eigenvalue weighted by Gasteiger charge is 2.08. The summed E-state index contributed by atoms with van der Waals surface area (Å²) in [5.74, 6) is -1.11. The molecule has 23 heavy (non-hydrogen) atoms. The number of carbonyl (C=O) groups is 2. The summed E-state index contributed by atoms with van der Waals surface area (Å²) in [6.45, 7) is -2.25. The summed E-state index contributed by atoms with van der Waals surface area (Å²) >= 11 is 0. The number of carboxylic acids is 1. The molecule has 0 saturated heterocycles. The first kappa shape index (κ1) is 21.1. The quantitative estimate of drug-likeness (QED) is 0.707. The lowest BCUT2D eigenvalue weighted by Crippen LogP contribution is -2.35. The number of carbonyl (C=O) groups excluding carboxylic acids is 1. The van der Waals surface area contributed by atoms with Crippen molar-refractivity contribution in [3.05, 3.63) is 29.8 Å². The molecule has 0 heterocycles. The van der Waals surface area contributed by atoms with E-state index in [1.54, 1.807) is 24.1 Å². The predicted octanol–water partition coefficient (Wildman–Crippen LogP) is 1.73. The summed E-state index contributed by atoms with van der Waals surface area (Å²) in [5.41, 5.74) is 0.739. The van der Waals surface area contributed by atoms with Gasteiger partial charge < -0.3 is 15.2 Å². The molecule has 1 rings (SSSR count). The third kappa shape index (κ3) is 9.64. The molecule has 0 aliphatic rings. The van der Waals surface area contributed by atoms with Gasteiger partial charge in [-0.15, -0.1) is 12.4 Å². The van der Waals surface area contributed by atoms with Gasteiger partial charge >= 0.3 is 12.6 Å². The molecule has 0 aromatic heterocycles. The molecule has 1 aromatic carbocycles. The van der Waals surface area contributed by atoms with E-state index in [0.717, 1.165) is 5.56 Å². The van der Waals surface area contributed by atoms with Crippen LogP contribution in [0.5, 0.6) is 5.75 Å². The molecular weight excluding hydrogens is 334 g/mol. The third-order valence-corrected chi connectivity index (χ3v) is 2.76. The van der Waals surface area contributed by atoms with E-state index in [2.05, 4.69) is 10.1 Å². The second-order valence-electron chi connectivity index (χ2n) is 4.68. The summed E-state index contributed by atoms with van der Waals surface area (Å²) in [6.07, 6.45) is -0.0324. The fourth-order valence-corrected chi connectivity index (χ4v) is 1.66. The van der Waals surface area contributed by atoms with E-state index in [1.807, 2.05) is 0 Å².